The number of aromatic carboxylic acids is 1. The monoisotopic (exact) mass is 247 g/mol. The minimum Gasteiger partial charge on any atom is -0.476 e. The van der Waals surface area contributed by atoms with E-state index in [0.717, 1.165) is 0 Å². The quantitative estimate of drug-likeness (QED) is 0.712. The maximum atomic E-state index is 11.5. The molecule has 1 aromatic heterocycles. The third-order valence-corrected chi connectivity index (χ3v) is 3.15. The fraction of sp³-hybridized carbons (Fsp3) is 0.556. The van der Waals surface area contributed by atoms with Gasteiger partial charge in [-0.2, -0.15) is 0 Å². The number of carboxylic acids is 1. The average molecular weight is 247 g/mol. The fourth-order valence-electron chi connectivity index (χ4n) is 1.08. The van der Waals surface area contributed by atoms with Crippen molar-refractivity contribution in [3.8, 4) is 0 Å². The van der Waals surface area contributed by atoms with Gasteiger partial charge in [-0.25, -0.2) is 4.79 Å². The zero-order valence-electron chi connectivity index (χ0n) is 8.84. The number of nitrogens with zero attached hydrogens (tertiary/aromatic N) is 1. The van der Waals surface area contributed by atoms with E-state index in [2.05, 4.69) is 5.16 Å². The molecule has 1 unspecified atom stereocenters. The topological polar surface area (TPSA) is 89.6 Å². The first-order chi connectivity index (χ1) is 7.63. The Bertz CT molecular complexity index is 376. The van der Waals surface area contributed by atoms with Crippen LogP contribution in [0, 0.1) is 0 Å². The second-order valence-corrected chi connectivity index (χ2v) is 4.69. The van der Waals surface area contributed by atoms with Gasteiger partial charge in [-0.3, -0.25) is 4.21 Å². The van der Waals surface area contributed by atoms with Crippen molar-refractivity contribution in [2.24, 2.45) is 0 Å². The van der Waals surface area contributed by atoms with E-state index in [-0.39, 0.29) is 11.4 Å². The second kappa shape index (κ2) is 6.39. The lowest BCUT2D eigenvalue weighted by Gasteiger charge is -1.98. The normalized spacial score (nSPS) is 12.6. The maximum Gasteiger partial charge on any atom is 0.358 e. The van der Waals surface area contributed by atoms with Gasteiger partial charge >= 0.3 is 5.97 Å². The number of carboxylic acid groups (broad SMARTS) is 1. The molecule has 0 radical (unpaired) electrons. The Morgan fingerprint density at radius 3 is 3.00 bits per heavy atom. The summed E-state index contributed by atoms with van der Waals surface area (Å²) < 4.78 is 21.1. The van der Waals surface area contributed by atoms with Gasteiger partial charge in [0.2, 0.25) is 0 Å². The molecule has 0 aliphatic carbocycles. The Balaban J connectivity index is 2.40. The van der Waals surface area contributed by atoms with Crippen LogP contribution in [0.25, 0.3) is 0 Å². The number of rotatable bonds is 7. The van der Waals surface area contributed by atoms with Gasteiger partial charge in [0.15, 0.2) is 5.69 Å². The van der Waals surface area contributed by atoms with Crippen molar-refractivity contribution in [3.63, 3.8) is 0 Å². The molecule has 0 saturated heterocycles. The van der Waals surface area contributed by atoms with Gasteiger partial charge < -0.3 is 14.4 Å². The first kappa shape index (κ1) is 12.9. The molecule has 0 saturated carbocycles. The molecule has 6 nitrogen and oxygen atoms in total. The van der Waals surface area contributed by atoms with Crippen molar-refractivity contribution in [3.05, 3.63) is 17.5 Å². The number of aromatic nitrogens is 1. The summed E-state index contributed by atoms with van der Waals surface area (Å²) in [6, 6.07) is 1.29. The Kier molecular flexibility index (Phi) is 5.13. The van der Waals surface area contributed by atoms with Gasteiger partial charge in [-0.15, -0.1) is 0 Å². The van der Waals surface area contributed by atoms with Crippen molar-refractivity contribution < 1.29 is 23.4 Å². The maximum absolute atomic E-state index is 11.5. The molecule has 0 aliphatic rings. The van der Waals surface area contributed by atoms with E-state index in [1.807, 2.05) is 0 Å². The minimum absolute atomic E-state index is 0.163. The molecule has 0 bridgehead atoms. The summed E-state index contributed by atoms with van der Waals surface area (Å²) in [6.07, 6.45) is 0.697. The van der Waals surface area contributed by atoms with Gasteiger partial charge in [0.1, 0.15) is 5.76 Å². The van der Waals surface area contributed by atoms with E-state index in [1.54, 1.807) is 7.11 Å². The van der Waals surface area contributed by atoms with Crippen molar-refractivity contribution in [2.75, 3.05) is 19.5 Å². The van der Waals surface area contributed by atoms with E-state index < -0.39 is 16.8 Å². The summed E-state index contributed by atoms with van der Waals surface area (Å²) in [6.45, 7) is 0.558. The predicted molar refractivity (Wildman–Crippen MR) is 56.7 cm³/mol. The van der Waals surface area contributed by atoms with Crippen LogP contribution in [0.2, 0.25) is 0 Å². The Labute approximate surface area is 95.0 Å². The lowest BCUT2D eigenvalue weighted by molar-refractivity contribution is 0.0685. The molecule has 1 aromatic rings. The summed E-state index contributed by atoms with van der Waals surface area (Å²) in [5.74, 6) is -0.144. The molecule has 7 heteroatoms. The van der Waals surface area contributed by atoms with Crippen LogP contribution in [0.3, 0.4) is 0 Å². The Hall–Kier alpha value is -1.21. The summed E-state index contributed by atoms with van der Waals surface area (Å²) in [5, 5.41) is 11.9. The summed E-state index contributed by atoms with van der Waals surface area (Å²) >= 11 is 0. The summed E-state index contributed by atoms with van der Waals surface area (Å²) in [5.41, 5.74) is -0.163. The van der Waals surface area contributed by atoms with Gasteiger partial charge in [-0.1, -0.05) is 5.16 Å². The van der Waals surface area contributed by atoms with Crippen LogP contribution in [0.1, 0.15) is 22.7 Å². The molecule has 1 rings (SSSR count). The molecule has 0 spiro atoms. The highest BCUT2D eigenvalue weighted by Gasteiger charge is 2.12. The standard InChI is InChI=1S/C9H13NO5S/c1-14-3-2-4-16(13)6-7-5-8(9(11)12)10-15-7/h5H,2-4,6H2,1H3,(H,11,12). The lowest BCUT2D eigenvalue weighted by atomic mass is 10.4. The van der Waals surface area contributed by atoms with Crippen LogP contribution in [0.4, 0.5) is 0 Å². The lowest BCUT2D eigenvalue weighted by Crippen LogP contribution is -2.03. The van der Waals surface area contributed by atoms with E-state index in [4.69, 9.17) is 14.4 Å². The van der Waals surface area contributed by atoms with Gasteiger partial charge in [-0.05, 0) is 6.42 Å². The van der Waals surface area contributed by atoms with Crippen LogP contribution < -0.4 is 0 Å². The van der Waals surface area contributed by atoms with Crippen LogP contribution in [-0.4, -0.2) is 39.9 Å². The van der Waals surface area contributed by atoms with Gasteiger partial charge in [0.25, 0.3) is 0 Å². The first-order valence-electron chi connectivity index (χ1n) is 4.66. The molecule has 1 heterocycles. The highest BCUT2D eigenvalue weighted by Crippen LogP contribution is 2.07. The number of hydrogen-bond acceptors (Lipinski definition) is 5. The minimum atomic E-state index is -1.15. The van der Waals surface area contributed by atoms with E-state index in [1.165, 1.54) is 6.07 Å². The van der Waals surface area contributed by atoms with Crippen LogP contribution >= 0.6 is 0 Å². The summed E-state index contributed by atoms with van der Waals surface area (Å²) in [4.78, 5) is 10.5. The molecule has 0 aromatic carbocycles. The Morgan fingerprint density at radius 2 is 2.44 bits per heavy atom. The first-order valence-corrected chi connectivity index (χ1v) is 6.15. The van der Waals surface area contributed by atoms with E-state index in [0.29, 0.717) is 24.5 Å². The smallest absolute Gasteiger partial charge is 0.358 e. The molecular weight excluding hydrogens is 234 g/mol. The van der Waals surface area contributed by atoms with Crippen molar-refractivity contribution in [2.45, 2.75) is 12.2 Å². The highest BCUT2D eigenvalue weighted by molar-refractivity contribution is 7.84. The SMILES string of the molecule is COCCCS(=O)Cc1cc(C(=O)O)no1. The molecule has 1 N–H and O–H groups in total. The zero-order valence-corrected chi connectivity index (χ0v) is 9.66. The average Bonchev–Trinajstić information content (AvgIpc) is 2.66. The molecule has 0 aliphatic heterocycles. The third-order valence-electron chi connectivity index (χ3n) is 1.80. The second-order valence-electron chi connectivity index (χ2n) is 3.12. The molecular formula is C9H13NO5S. The molecule has 16 heavy (non-hydrogen) atoms. The van der Waals surface area contributed by atoms with Gasteiger partial charge in [0.05, 0.1) is 5.75 Å². The van der Waals surface area contributed by atoms with E-state index >= 15 is 0 Å². The molecule has 90 valence electrons. The number of ether oxygens (including phenoxy) is 1. The van der Waals surface area contributed by atoms with E-state index in [9.17, 15) is 9.00 Å². The summed E-state index contributed by atoms with van der Waals surface area (Å²) in [7, 11) is 0.503. The molecule has 0 amide bonds. The number of carbonyl (C=O) groups is 1. The fourth-order valence-corrected chi connectivity index (χ4v) is 2.11. The predicted octanol–water partition coefficient (Wildman–Crippen LogP) is 0.658. The number of hydrogen-bond donors (Lipinski definition) is 1. The van der Waals surface area contributed by atoms with Crippen LogP contribution in [0.15, 0.2) is 10.6 Å². The van der Waals surface area contributed by atoms with Crippen molar-refractivity contribution >= 4 is 16.8 Å². The van der Waals surface area contributed by atoms with Crippen molar-refractivity contribution in [1.29, 1.82) is 0 Å². The molecule has 0 fully saturated rings. The molecule has 1 atom stereocenters. The van der Waals surface area contributed by atoms with Crippen LogP contribution in [-0.2, 0) is 21.3 Å². The third kappa shape index (κ3) is 4.11. The van der Waals surface area contributed by atoms with Crippen LogP contribution in [0.5, 0.6) is 0 Å². The zero-order chi connectivity index (χ0) is 12.0. The highest BCUT2D eigenvalue weighted by atomic mass is 32.2. The largest absolute Gasteiger partial charge is 0.476 e. The number of methoxy groups -OCH3 is 1. The van der Waals surface area contributed by atoms with Crippen molar-refractivity contribution in [1.82, 2.24) is 5.16 Å². The Morgan fingerprint density at radius 1 is 1.69 bits per heavy atom. The van der Waals surface area contributed by atoms with Gasteiger partial charge in [0, 0.05) is 36.3 Å².